The van der Waals surface area contributed by atoms with E-state index in [1.165, 1.54) is 0 Å². The third-order valence-electron chi connectivity index (χ3n) is 2.62. The maximum absolute atomic E-state index is 11.8. The molecule has 2 N–H and O–H groups in total. The van der Waals surface area contributed by atoms with E-state index in [1.807, 2.05) is 19.1 Å². The summed E-state index contributed by atoms with van der Waals surface area (Å²) in [6.07, 6.45) is 1.70. The van der Waals surface area contributed by atoms with E-state index in [0.29, 0.717) is 19.1 Å². The van der Waals surface area contributed by atoms with Gasteiger partial charge < -0.3 is 10.1 Å². The van der Waals surface area contributed by atoms with Gasteiger partial charge in [0.05, 0.1) is 13.2 Å². The lowest BCUT2D eigenvalue weighted by molar-refractivity contribution is -0.120. The number of carbonyl (C=O) groups excluding carboxylic acids is 1. The van der Waals surface area contributed by atoms with E-state index >= 15 is 0 Å². The van der Waals surface area contributed by atoms with Gasteiger partial charge in [-0.1, -0.05) is 6.07 Å². The first-order chi connectivity index (χ1) is 8.70. The Balaban J connectivity index is 2.05. The Morgan fingerprint density at radius 3 is 3.00 bits per heavy atom. The monoisotopic (exact) mass is 248 g/mol. The normalized spacial score (nSPS) is 20.9. The van der Waals surface area contributed by atoms with E-state index in [-0.39, 0.29) is 5.91 Å². The summed E-state index contributed by atoms with van der Waals surface area (Å²) in [6.45, 7) is 2.94. The van der Waals surface area contributed by atoms with Crippen molar-refractivity contribution in [1.82, 2.24) is 15.6 Å². The maximum Gasteiger partial charge on any atom is 0.253 e. The van der Waals surface area contributed by atoms with Gasteiger partial charge in [0, 0.05) is 24.6 Å². The van der Waals surface area contributed by atoms with Crippen LogP contribution >= 0.6 is 0 Å². The highest BCUT2D eigenvalue weighted by Gasteiger charge is 2.29. The molecule has 1 atom stereocenters. The van der Waals surface area contributed by atoms with E-state index in [1.54, 1.807) is 13.3 Å². The van der Waals surface area contributed by atoms with E-state index in [0.717, 1.165) is 11.3 Å². The molecule has 0 spiro atoms. The molecule has 0 aliphatic carbocycles. The van der Waals surface area contributed by atoms with Crippen LogP contribution in [0.1, 0.15) is 17.3 Å². The fourth-order valence-corrected chi connectivity index (χ4v) is 1.65. The van der Waals surface area contributed by atoms with Crippen LogP contribution in [-0.2, 0) is 9.53 Å². The van der Waals surface area contributed by atoms with Crippen molar-refractivity contribution in [2.24, 2.45) is 4.99 Å². The summed E-state index contributed by atoms with van der Waals surface area (Å²) in [6, 6.07) is 3.35. The minimum absolute atomic E-state index is 0.114. The van der Waals surface area contributed by atoms with Crippen LogP contribution in [0, 0.1) is 6.92 Å². The number of nitrogens with zero attached hydrogens (tertiary/aromatic N) is 2. The zero-order valence-corrected chi connectivity index (χ0v) is 10.4. The molecule has 2 rings (SSSR count). The number of aliphatic imine (C=N–C) groups is 1. The number of hydrogen-bond donors (Lipinski definition) is 2. The number of ether oxygens (including phenoxy) is 1. The molecular formula is C12H16N4O2. The number of methoxy groups -OCH3 is 1. The van der Waals surface area contributed by atoms with E-state index in [2.05, 4.69) is 20.6 Å². The second-order valence-corrected chi connectivity index (χ2v) is 4.02. The number of amides is 1. The first-order valence-corrected chi connectivity index (χ1v) is 5.74. The first kappa shape index (κ1) is 12.5. The Morgan fingerprint density at radius 1 is 1.50 bits per heavy atom. The summed E-state index contributed by atoms with van der Waals surface area (Å²) in [5.74, 6) is 0.374. The number of carbonyl (C=O) groups is 1. The summed E-state index contributed by atoms with van der Waals surface area (Å²) in [5, 5.41) is 5.72. The number of aryl methyl sites for hydroxylation is 1. The summed E-state index contributed by atoms with van der Waals surface area (Å²) in [4.78, 5) is 20.2. The fraction of sp³-hybridized carbons (Fsp3) is 0.417. The van der Waals surface area contributed by atoms with Crippen molar-refractivity contribution < 1.29 is 9.53 Å². The minimum atomic E-state index is -0.417. The molecule has 6 nitrogen and oxygen atoms in total. The minimum Gasteiger partial charge on any atom is -0.383 e. The molecule has 1 aliphatic rings. The SMILES string of the molecule is COCCN=C1NC(=O)C(c2ccc(C)nc2)N1. The molecular weight excluding hydrogens is 232 g/mol. The van der Waals surface area contributed by atoms with Gasteiger partial charge in [0.15, 0.2) is 5.96 Å². The molecule has 96 valence electrons. The van der Waals surface area contributed by atoms with Gasteiger partial charge in [-0.3, -0.25) is 20.1 Å². The van der Waals surface area contributed by atoms with Crippen molar-refractivity contribution in [1.29, 1.82) is 0 Å². The lowest BCUT2D eigenvalue weighted by Crippen LogP contribution is -2.26. The Morgan fingerprint density at radius 2 is 2.33 bits per heavy atom. The maximum atomic E-state index is 11.8. The molecule has 6 heteroatoms. The number of nitrogens with one attached hydrogen (secondary N) is 2. The lowest BCUT2D eigenvalue weighted by Gasteiger charge is -2.07. The second kappa shape index (κ2) is 5.59. The van der Waals surface area contributed by atoms with Gasteiger partial charge in [-0.2, -0.15) is 0 Å². The van der Waals surface area contributed by atoms with Crippen LogP contribution in [0.25, 0.3) is 0 Å². The number of aromatic nitrogens is 1. The summed E-state index contributed by atoms with van der Waals surface area (Å²) in [5.41, 5.74) is 1.75. The molecule has 1 fully saturated rings. The smallest absolute Gasteiger partial charge is 0.253 e. The van der Waals surface area contributed by atoms with Gasteiger partial charge in [0.1, 0.15) is 6.04 Å². The molecule has 1 unspecified atom stereocenters. The molecule has 1 aliphatic heterocycles. The molecule has 1 aromatic rings. The Labute approximate surface area is 105 Å². The van der Waals surface area contributed by atoms with Crippen LogP contribution in [0.3, 0.4) is 0 Å². The molecule has 0 radical (unpaired) electrons. The standard InChI is InChI=1S/C12H16N4O2/c1-8-3-4-9(7-14-8)10-11(17)16-12(15-10)13-5-6-18-2/h3-4,7,10H,5-6H2,1-2H3,(H2,13,15,16,17). The predicted octanol–water partition coefficient (Wildman–Crippen LogP) is 0.153. The Hall–Kier alpha value is -1.95. The third-order valence-corrected chi connectivity index (χ3v) is 2.62. The van der Waals surface area contributed by atoms with Crippen molar-refractivity contribution in [3.63, 3.8) is 0 Å². The average Bonchev–Trinajstić information content (AvgIpc) is 2.72. The van der Waals surface area contributed by atoms with Crippen LogP contribution in [0.2, 0.25) is 0 Å². The predicted molar refractivity (Wildman–Crippen MR) is 67.2 cm³/mol. The number of rotatable bonds is 4. The van der Waals surface area contributed by atoms with Crippen LogP contribution in [-0.4, -0.2) is 37.1 Å². The lowest BCUT2D eigenvalue weighted by atomic mass is 10.1. The summed E-state index contributed by atoms with van der Waals surface area (Å²) >= 11 is 0. The second-order valence-electron chi connectivity index (χ2n) is 4.02. The Kier molecular flexibility index (Phi) is 3.88. The summed E-state index contributed by atoms with van der Waals surface area (Å²) in [7, 11) is 1.61. The average molecular weight is 248 g/mol. The molecule has 1 aromatic heterocycles. The summed E-state index contributed by atoms with van der Waals surface area (Å²) < 4.78 is 4.90. The van der Waals surface area contributed by atoms with E-state index in [4.69, 9.17) is 4.74 Å². The van der Waals surface area contributed by atoms with Crippen molar-refractivity contribution >= 4 is 11.9 Å². The first-order valence-electron chi connectivity index (χ1n) is 5.74. The molecule has 1 amide bonds. The van der Waals surface area contributed by atoms with Gasteiger partial charge in [0.25, 0.3) is 5.91 Å². The third kappa shape index (κ3) is 2.84. The highest BCUT2D eigenvalue weighted by molar-refractivity contribution is 6.06. The van der Waals surface area contributed by atoms with Crippen molar-refractivity contribution in [2.75, 3.05) is 20.3 Å². The molecule has 0 aromatic carbocycles. The van der Waals surface area contributed by atoms with Gasteiger partial charge in [-0.05, 0) is 13.0 Å². The van der Waals surface area contributed by atoms with Crippen LogP contribution in [0.4, 0.5) is 0 Å². The van der Waals surface area contributed by atoms with E-state index in [9.17, 15) is 4.79 Å². The molecule has 1 saturated heterocycles. The van der Waals surface area contributed by atoms with E-state index < -0.39 is 6.04 Å². The number of hydrogen-bond acceptors (Lipinski definition) is 4. The molecule has 0 bridgehead atoms. The van der Waals surface area contributed by atoms with Gasteiger partial charge in [-0.15, -0.1) is 0 Å². The molecule has 18 heavy (non-hydrogen) atoms. The fourth-order valence-electron chi connectivity index (χ4n) is 1.65. The zero-order chi connectivity index (χ0) is 13.0. The quantitative estimate of drug-likeness (QED) is 0.744. The van der Waals surface area contributed by atoms with Gasteiger partial charge in [-0.25, -0.2) is 0 Å². The van der Waals surface area contributed by atoms with Crippen LogP contribution in [0.5, 0.6) is 0 Å². The van der Waals surface area contributed by atoms with Crippen LogP contribution in [0.15, 0.2) is 23.3 Å². The van der Waals surface area contributed by atoms with Gasteiger partial charge >= 0.3 is 0 Å². The number of guanidine groups is 1. The van der Waals surface area contributed by atoms with Crippen molar-refractivity contribution in [3.8, 4) is 0 Å². The highest BCUT2D eigenvalue weighted by Crippen LogP contribution is 2.15. The van der Waals surface area contributed by atoms with Crippen molar-refractivity contribution in [3.05, 3.63) is 29.6 Å². The number of pyridine rings is 1. The largest absolute Gasteiger partial charge is 0.383 e. The highest BCUT2D eigenvalue weighted by atomic mass is 16.5. The van der Waals surface area contributed by atoms with Gasteiger partial charge in [0.2, 0.25) is 0 Å². The molecule has 0 saturated carbocycles. The molecule has 2 heterocycles. The zero-order valence-electron chi connectivity index (χ0n) is 10.4. The topological polar surface area (TPSA) is 75.6 Å². The Bertz CT molecular complexity index is 456. The van der Waals surface area contributed by atoms with Crippen molar-refractivity contribution in [2.45, 2.75) is 13.0 Å². The van der Waals surface area contributed by atoms with Crippen LogP contribution < -0.4 is 10.6 Å².